The molecule has 0 unspecified atom stereocenters. The Morgan fingerprint density at radius 1 is 1.04 bits per heavy atom. The van der Waals surface area contributed by atoms with Crippen molar-refractivity contribution in [2.75, 3.05) is 11.9 Å². The molecule has 3 rings (SSSR count). The molecule has 0 fully saturated rings. The Morgan fingerprint density at radius 3 is 2.46 bits per heavy atom. The van der Waals surface area contributed by atoms with Gasteiger partial charge in [0.2, 0.25) is 0 Å². The molecule has 3 aromatic rings. The van der Waals surface area contributed by atoms with Crippen LogP contribution in [0.4, 0.5) is 5.69 Å². The van der Waals surface area contributed by atoms with Gasteiger partial charge in [-0.2, -0.15) is 0 Å². The number of nitrogens with one attached hydrogen (secondary N) is 1. The minimum atomic E-state index is -0.198. The third kappa shape index (κ3) is 3.52. The van der Waals surface area contributed by atoms with Gasteiger partial charge >= 0.3 is 0 Å². The van der Waals surface area contributed by atoms with Crippen molar-refractivity contribution in [3.05, 3.63) is 70.7 Å². The van der Waals surface area contributed by atoms with Crippen LogP contribution in [0.25, 0.3) is 10.8 Å². The standard InChI is InChI=1S/C20H18ClNO2/c1-13-10-16(11-14(2)20(13)21)24-12-19(23)22-18-9-5-7-15-6-3-4-8-17(15)18/h3-11H,12H2,1-2H3,(H,22,23). The van der Waals surface area contributed by atoms with Gasteiger partial charge in [-0.15, -0.1) is 0 Å². The van der Waals surface area contributed by atoms with Crippen molar-refractivity contribution in [1.29, 1.82) is 0 Å². The molecule has 0 saturated heterocycles. The Labute approximate surface area is 146 Å². The van der Waals surface area contributed by atoms with Crippen LogP contribution in [0, 0.1) is 13.8 Å². The summed E-state index contributed by atoms with van der Waals surface area (Å²) in [6, 6.07) is 17.4. The van der Waals surface area contributed by atoms with Gasteiger partial charge in [0.05, 0.1) is 0 Å². The molecule has 3 nitrogen and oxygen atoms in total. The van der Waals surface area contributed by atoms with Crippen LogP contribution in [0.1, 0.15) is 11.1 Å². The fourth-order valence-corrected chi connectivity index (χ4v) is 2.77. The minimum absolute atomic E-state index is 0.0519. The van der Waals surface area contributed by atoms with Crippen LogP contribution >= 0.6 is 11.6 Å². The molecule has 0 aromatic heterocycles. The van der Waals surface area contributed by atoms with Gasteiger partial charge in [0, 0.05) is 16.1 Å². The number of carbonyl (C=O) groups excluding carboxylic acids is 1. The van der Waals surface area contributed by atoms with Crippen LogP contribution in [0.3, 0.4) is 0 Å². The SMILES string of the molecule is Cc1cc(OCC(=O)Nc2cccc3ccccc23)cc(C)c1Cl. The number of hydrogen-bond acceptors (Lipinski definition) is 2. The van der Waals surface area contributed by atoms with Gasteiger partial charge in [0.25, 0.3) is 5.91 Å². The van der Waals surface area contributed by atoms with E-state index in [0.29, 0.717) is 5.75 Å². The van der Waals surface area contributed by atoms with Gasteiger partial charge < -0.3 is 10.1 Å². The summed E-state index contributed by atoms with van der Waals surface area (Å²) in [5, 5.41) is 5.72. The van der Waals surface area contributed by atoms with Crippen LogP contribution in [-0.4, -0.2) is 12.5 Å². The average Bonchev–Trinajstić information content (AvgIpc) is 2.58. The monoisotopic (exact) mass is 339 g/mol. The maximum Gasteiger partial charge on any atom is 0.262 e. The van der Waals surface area contributed by atoms with E-state index in [1.165, 1.54) is 0 Å². The van der Waals surface area contributed by atoms with E-state index in [-0.39, 0.29) is 12.5 Å². The fraction of sp³-hybridized carbons (Fsp3) is 0.150. The molecule has 3 aromatic carbocycles. The van der Waals surface area contributed by atoms with Crippen LogP contribution < -0.4 is 10.1 Å². The molecule has 1 N–H and O–H groups in total. The molecule has 0 aliphatic heterocycles. The van der Waals surface area contributed by atoms with Crippen molar-refractivity contribution in [3.8, 4) is 5.75 Å². The maximum absolute atomic E-state index is 12.2. The Morgan fingerprint density at radius 2 is 1.71 bits per heavy atom. The molecule has 0 radical (unpaired) electrons. The van der Waals surface area contributed by atoms with Crippen molar-refractivity contribution in [1.82, 2.24) is 0 Å². The number of benzene rings is 3. The highest BCUT2D eigenvalue weighted by Crippen LogP contribution is 2.26. The molecule has 0 spiro atoms. The molecule has 0 atom stereocenters. The maximum atomic E-state index is 12.2. The number of fused-ring (bicyclic) bond motifs is 1. The fourth-order valence-electron chi connectivity index (χ4n) is 2.66. The first-order chi connectivity index (χ1) is 11.5. The first kappa shape index (κ1) is 16.3. The van der Waals surface area contributed by atoms with Crippen molar-refractivity contribution in [2.24, 2.45) is 0 Å². The second-order valence-electron chi connectivity index (χ2n) is 5.73. The van der Waals surface area contributed by atoms with E-state index in [1.54, 1.807) is 0 Å². The second-order valence-corrected chi connectivity index (χ2v) is 6.11. The molecule has 122 valence electrons. The zero-order valence-corrected chi connectivity index (χ0v) is 14.4. The van der Waals surface area contributed by atoms with E-state index in [0.717, 1.165) is 32.6 Å². The Kier molecular flexibility index (Phi) is 4.72. The number of anilines is 1. The number of amides is 1. The lowest BCUT2D eigenvalue weighted by atomic mass is 10.1. The zero-order valence-electron chi connectivity index (χ0n) is 13.6. The first-order valence-electron chi connectivity index (χ1n) is 7.72. The lowest BCUT2D eigenvalue weighted by molar-refractivity contribution is -0.118. The largest absolute Gasteiger partial charge is 0.484 e. The third-order valence-electron chi connectivity index (χ3n) is 3.84. The topological polar surface area (TPSA) is 38.3 Å². The van der Waals surface area contributed by atoms with Crippen LogP contribution in [0.5, 0.6) is 5.75 Å². The smallest absolute Gasteiger partial charge is 0.262 e. The summed E-state index contributed by atoms with van der Waals surface area (Å²) in [4.78, 5) is 12.2. The molecule has 0 aliphatic carbocycles. The molecule has 0 aliphatic rings. The van der Waals surface area contributed by atoms with E-state index < -0.39 is 0 Å². The molecular formula is C20H18ClNO2. The number of hydrogen-bond donors (Lipinski definition) is 1. The van der Waals surface area contributed by atoms with Crippen LogP contribution in [-0.2, 0) is 4.79 Å². The molecule has 1 amide bonds. The zero-order chi connectivity index (χ0) is 17.1. The third-order valence-corrected chi connectivity index (χ3v) is 4.44. The molecule has 0 heterocycles. The summed E-state index contributed by atoms with van der Waals surface area (Å²) in [5.74, 6) is 0.444. The number of carbonyl (C=O) groups is 1. The van der Waals surface area contributed by atoms with Gasteiger partial charge in [-0.1, -0.05) is 48.0 Å². The summed E-state index contributed by atoms with van der Waals surface area (Å²) in [6.45, 7) is 3.78. The van der Waals surface area contributed by atoms with Crippen molar-refractivity contribution in [3.63, 3.8) is 0 Å². The average molecular weight is 340 g/mol. The Bertz CT molecular complexity index is 877. The highest BCUT2D eigenvalue weighted by Gasteiger charge is 2.08. The van der Waals surface area contributed by atoms with E-state index >= 15 is 0 Å². The van der Waals surface area contributed by atoms with Crippen molar-refractivity contribution < 1.29 is 9.53 Å². The van der Waals surface area contributed by atoms with Crippen molar-refractivity contribution >= 4 is 34.0 Å². The van der Waals surface area contributed by atoms with Gasteiger partial charge in [-0.3, -0.25) is 4.79 Å². The van der Waals surface area contributed by atoms with E-state index in [4.69, 9.17) is 16.3 Å². The summed E-state index contributed by atoms with van der Waals surface area (Å²) >= 11 is 6.14. The summed E-state index contributed by atoms with van der Waals surface area (Å²) in [5.41, 5.74) is 2.65. The molecule has 0 saturated carbocycles. The Hall–Kier alpha value is -2.52. The summed E-state index contributed by atoms with van der Waals surface area (Å²) < 4.78 is 5.60. The first-order valence-corrected chi connectivity index (χ1v) is 8.09. The Balaban J connectivity index is 1.70. The van der Waals surface area contributed by atoms with Gasteiger partial charge in [0.1, 0.15) is 5.75 Å². The van der Waals surface area contributed by atoms with E-state index in [2.05, 4.69) is 5.32 Å². The van der Waals surface area contributed by atoms with E-state index in [9.17, 15) is 4.79 Å². The number of halogens is 1. The highest BCUT2D eigenvalue weighted by molar-refractivity contribution is 6.32. The summed E-state index contributed by atoms with van der Waals surface area (Å²) in [7, 11) is 0. The molecule has 0 bridgehead atoms. The molecular weight excluding hydrogens is 322 g/mol. The lowest BCUT2D eigenvalue weighted by Gasteiger charge is -2.11. The quantitative estimate of drug-likeness (QED) is 0.715. The highest BCUT2D eigenvalue weighted by atomic mass is 35.5. The number of ether oxygens (including phenoxy) is 1. The van der Waals surface area contributed by atoms with Crippen LogP contribution in [0.2, 0.25) is 5.02 Å². The number of aryl methyl sites for hydroxylation is 2. The molecule has 4 heteroatoms. The predicted octanol–water partition coefficient (Wildman–Crippen LogP) is 5.13. The van der Waals surface area contributed by atoms with Crippen LogP contribution in [0.15, 0.2) is 54.6 Å². The normalized spacial score (nSPS) is 10.6. The second kappa shape index (κ2) is 6.93. The minimum Gasteiger partial charge on any atom is -0.484 e. The molecule has 24 heavy (non-hydrogen) atoms. The number of rotatable bonds is 4. The van der Waals surface area contributed by atoms with Crippen molar-refractivity contribution in [2.45, 2.75) is 13.8 Å². The van der Waals surface area contributed by atoms with Gasteiger partial charge in [-0.05, 0) is 48.6 Å². The van der Waals surface area contributed by atoms with Gasteiger partial charge in [-0.25, -0.2) is 0 Å². The lowest BCUT2D eigenvalue weighted by Crippen LogP contribution is -2.20. The predicted molar refractivity (Wildman–Crippen MR) is 99.0 cm³/mol. The van der Waals surface area contributed by atoms with E-state index in [1.807, 2.05) is 68.4 Å². The van der Waals surface area contributed by atoms with Gasteiger partial charge in [0.15, 0.2) is 6.61 Å². The summed E-state index contributed by atoms with van der Waals surface area (Å²) in [6.07, 6.45) is 0.